The summed E-state index contributed by atoms with van der Waals surface area (Å²) >= 11 is 0. The normalized spacial score (nSPS) is 11.5. The second-order valence-electron chi connectivity index (χ2n) is 6.42. The van der Waals surface area contributed by atoms with E-state index >= 15 is 0 Å². The number of ether oxygens (including phenoxy) is 1. The Labute approximate surface area is 153 Å². The van der Waals surface area contributed by atoms with Crippen LogP contribution in [0.3, 0.4) is 0 Å². The molecular formula is C20H24N2O4. The van der Waals surface area contributed by atoms with Crippen molar-refractivity contribution in [2.24, 2.45) is 5.10 Å². The smallest absolute Gasteiger partial charge is 0.277 e. The number of amides is 1. The van der Waals surface area contributed by atoms with Gasteiger partial charge in [0, 0.05) is 11.6 Å². The van der Waals surface area contributed by atoms with Crippen LogP contribution in [0.25, 0.3) is 0 Å². The first-order valence-corrected chi connectivity index (χ1v) is 8.36. The topological polar surface area (TPSA) is 91.2 Å². The van der Waals surface area contributed by atoms with Crippen LogP contribution in [-0.4, -0.2) is 28.4 Å². The highest BCUT2D eigenvalue weighted by atomic mass is 16.5. The van der Waals surface area contributed by atoms with E-state index in [0.717, 1.165) is 11.1 Å². The summed E-state index contributed by atoms with van der Waals surface area (Å²) in [6, 6.07) is 10.1. The Morgan fingerprint density at radius 1 is 1.19 bits per heavy atom. The number of nitrogens with one attached hydrogen (secondary N) is 1. The van der Waals surface area contributed by atoms with Crippen LogP contribution in [-0.2, 0) is 4.79 Å². The molecule has 6 heteroatoms. The number of hydrogen-bond acceptors (Lipinski definition) is 5. The molecule has 0 saturated heterocycles. The molecule has 2 rings (SSSR count). The van der Waals surface area contributed by atoms with Gasteiger partial charge < -0.3 is 14.9 Å². The number of benzene rings is 2. The van der Waals surface area contributed by atoms with Crippen LogP contribution in [0.1, 0.15) is 43.4 Å². The van der Waals surface area contributed by atoms with E-state index in [9.17, 15) is 15.0 Å². The van der Waals surface area contributed by atoms with Gasteiger partial charge in [-0.1, -0.05) is 26.0 Å². The minimum Gasteiger partial charge on any atom is -0.508 e. The van der Waals surface area contributed by atoms with Gasteiger partial charge in [-0.25, -0.2) is 5.43 Å². The molecule has 0 radical (unpaired) electrons. The molecule has 2 aromatic rings. The van der Waals surface area contributed by atoms with Crippen LogP contribution in [0.2, 0.25) is 0 Å². The third-order valence-corrected chi connectivity index (χ3v) is 3.87. The zero-order valence-electron chi connectivity index (χ0n) is 15.4. The van der Waals surface area contributed by atoms with Gasteiger partial charge in [0.25, 0.3) is 5.91 Å². The van der Waals surface area contributed by atoms with Crippen LogP contribution in [0.15, 0.2) is 41.5 Å². The summed E-state index contributed by atoms with van der Waals surface area (Å²) in [6.07, 6.45) is 0. The van der Waals surface area contributed by atoms with E-state index in [-0.39, 0.29) is 24.0 Å². The number of aryl methyl sites for hydroxylation is 1. The summed E-state index contributed by atoms with van der Waals surface area (Å²) in [7, 11) is 0. The maximum absolute atomic E-state index is 12.0. The van der Waals surface area contributed by atoms with Crippen molar-refractivity contribution in [2.75, 3.05) is 6.61 Å². The molecule has 0 bridgehead atoms. The van der Waals surface area contributed by atoms with E-state index in [1.807, 2.05) is 25.1 Å². The molecule has 0 atom stereocenters. The van der Waals surface area contributed by atoms with Crippen molar-refractivity contribution in [3.05, 3.63) is 53.1 Å². The molecule has 1 amide bonds. The third kappa shape index (κ3) is 4.99. The minimum absolute atomic E-state index is 0.0457. The SMILES string of the molecule is C/C(=N/NC(=O)COc1cc(C)ccc1C(C)C)c1ccc(O)cc1O. The zero-order valence-corrected chi connectivity index (χ0v) is 15.4. The Bertz CT molecular complexity index is 829. The summed E-state index contributed by atoms with van der Waals surface area (Å²) in [5, 5.41) is 23.1. The van der Waals surface area contributed by atoms with Crippen LogP contribution >= 0.6 is 0 Å². The van der Waals surface area contributed by atoms with Gasteiger partial charge in [0.1, 0.15) is 17.2 Å². The van der Waals surface area contributed by atoms with Crippen molar-refractivity contribution in [3.63, 3.8) is 0 Å². The number of hydrogen-bond donors (Lipinski definition) is 3. The van der Waals surface area contributed by atoms with Crippen LogP contribution in [0.4, 0.5) is 0 Å². The summed E-state index contributed by atoms with van der Waals surface area (Å²) < 4.78 is 5.65. The first kappa shape index (κ1) is 19.3. The summed E-state index contributed by atoms with van der Waals surface area (Å²) in [6.45, 7) is 7.58. The second-order valence-corrected chi connectivity index (χ2v) is 6.42. The molecule has 2 aromatic carbocycles. The first-order valence-electron chi connectivity index (χ1n) is 8.36. The predicted octanol–water partition coefficient (Wildman–Crippen LogP) is 3.45. The molecule has 0 saturated carbocycles. The van der Waals surface area contributed by atoms with Crippen LogP contribution in [0, 0.1) is 6.92 Å². The standard InChI is InChI=1S/C20H24N2O4/c1-12(2)16-7-5-13(3)9-19(16)26-11-20(25)22-21-14(4)17-8-6-15(23)10-18(17)24/h5-10,12,23-24H,11H2,1-4H3,(H,22,25)/b21-14-. The Balaban J connectivity index is 2.00. The van der Waals surface area contributed by atoms with E-state index in [0.29, 0.717) is 17.0 Å². The zero-order chi connectivity index (χ0) is 19.3. The Kier molecular flexibility index (Phi) is 6.22. The summed E-state index contributed by atoms with van der Waals surface area (Å²) in [5.74, 6) is 0.408. The van der Waals surface area contributed by atoms with E-state index in [4.69, 9.17) is 4.74 Å². The molecular weight excluding hydrogens is 332 g/mol. The lowest BCUT2D eigenvalue weighted by Gasteiger charge is -2.14. The number of phenolic OH excluding ortho intramolecular Hbond substituents is 2. The number of aromatic hydroxyl groups is 2. The van der Waals surface area contributed by atoms with Gasteiger partial charge in [0.2, 0.25) is 0 Å². The fraction of sp³-hybridized carbons (Fsp3) is 0.300. The molecule has 3 N–H and O–H groups in total. The molecule has 0 aliphatic carbocycles. The van der Waals surface area contributed by atoms with Gasteiger partial charge in [-0.15, -0.1) is 0 Å². The lowest BCUT2D eigenvalue weighted by Crippen LogP contribution is -2.26. The van der Waals surface area contributed by atoms with E-state index in [2.05, 4.69) is 24.4 Å². The minimum atomic E-state index is -0.404. The largest absolute Gasteiger partial charge is 0.508 e. The van der Waals surface area contributed by atoms with Crippen LogP contribution < -0.4 is 10.2 Å². The Morgan fingerprint density at radius 2 is 1.92 bits per heavy atom. The van der Waals surface area contributed by atoms with Crippen molar-refractivity contribution in [2.45, 2.75) is 33.6 Å². The fourth-order valence-electron chi connectivity index (χ4n) is 2.45. The molecule has 138 valence electrons. The number of nitrogens with zero attached hydrogens (tertiary/aromatic N) is 1. The highest BCUT2D eigenvalue weighted by Gasteiger charge is 2.11. The Hall–Kier alpha value is -3.02. The molecule has 0 spiro atoms. The highest BCUT2D eigenvalue weighted by molar-refractivity contribution is 6.01. The van der Waals surface area contributed by atoms with Crippen molar-refractivity contribution in [1.82, 2.24) is 5.43 Å². The van der Waals surface area contributed by atoms with Gasteiger partial charge in [0.15, 0.2) is 6.61 Å². The van der Waals surface area contributed by atoms with Gasteiger partial charge >= 0.3 is 0 Å². The number of hydrazone groups is 1. The van der Waals surface area contributed by atoms with E-state index in [1.165, 1.54) is 18.2 Å². The fourth-order valence-corrected chi connectivity index (χ4v) is 2.45. The van der Waals surface area contributed by atoms with Crippen molar-refractivity contribution in [3.8, 4) is 17.2 Å². The van der Waals surface area contributed by atoms with Crippen molar-refractivity contribution < 1.29 is 19.7 Å². The van der Waals surface area contributed by atoms with Crippen LogP contribution in [0.5, 0.6) is 17.2 Å². The number of rotatable bonds is 6. The van der Waals surface area contributed by atoms with E-state index in [1.54, 1.807) is 6.92 Å². The van der Waals surface area contributed by atoms with Gasteiger partial charge in [0.05, 0.1) is 5.71 Å². The van der Waals surface area contributed by atoms with Gasteiger partial charge in [-0.2, -0.15) is 5.10 Å². The first-order chi connectivity index (χ1) is 12.3. The maximum Gasteiger partial charge on any atom is 0.277 e. The lowest BCUT2D eigenvalue weighted by atomic mass is 10.0. The van der Waals surface area contributed by atoms with Gasteiger partial charge in [-0.05, 0) is 49.1 Å². The van der Waals surface area contributed by atoms with Gasteiger partial charge in [-0.3, -0.25) is 4.79 Å². The Morgan fingerprint density at radius 3 is 2.58 bits per heavy atom. The average Bonchev–Trinajstić information content (AvgIpc) is 2.57. The predicted molar refractivity (Wildman–Crippen MR) is 101 cm³/mol. The molecule has 0 unspecified atom stereocenters. The third-order valence-electron chi connectivity index (χ3n) is 3.87. The highest BCUT2D eigenvalue weighted by Crippen LogP contribution is 2.27. The average molecular weight is 356 g/mol. The molecule has 0 aliphatic rings. The molecule has 0 fully saturated rings. The number of carbonyl (C=O) groups is 1. The van der Waals surface area contributed by atoms with E-state index < -0.39 is 5.91 Å². The maximum atomic E-state index is 12.0. The number of phenols is 2. The second kappa shape index (κ2) is 8.38. The molecule has 0 aliphatic heterocycles. The monoisotopic (exact) mass is 356 g/mol. The van der Waals surface area contributed by atoms with Crippen molar-refractivity contribution >= 4 is 11.6 Å². The molecule has 0 aromatic heterocycles. The van der Waals surface area contributed by atoms with Crippen molar-refractivity contribution in [1.29, 1.82) is 0 Å². The lowest BCUT2D eigenvalue weighted by molar-refractivity contribution is -0.123. The summed E-state index contributed by atoms with van der Waals surface area (Å²) in [4.78, 5) is 12.0. The summed E-state index contributed by atoms with van der Waals surface area (Å²) in [5.41, 5.74) is 5.34. The number of carbonyl (C=O) groups excluding carboxylic acids is 1. The molecule has 6 nitrogen and oxygen atoms in total. The quantitative estimate of drug-likeness (QED) is 0.546. The molecule has 0 heterocycles. The molecule has 26 heavy (non-hydrogen) atoms.